The third-order valence-corrected chi connectivity index (χ3v) is 6.07. The van der Waals surface area contributed by atoms with Crippen molar-refractivity contribution in [2.24, 2.45) is 0 Å². The van der Waals surface area contributed by atoms with Crippen molar-refractivity contribution in [1.82, 2.24) is 14.9 Å². The molecule has 0 aliphatic carbocycles. The third kappa shape index (κ3) is 4.98. The molecule has 0 bridgehead atoms. The SMILES string of the molecule is CSCCC(CO)N(Cc1ccc2ccccc2n1)Cc1ccc2ccccc2n1. The van der Waals surface area contributed by atoms with Crippen molar-refractivity contribution < 1.29 is 5.11 Å². The number of hydrogen-bond donors (Lipinski definition) is 1. The van der Waals surface area contributed by atoms with E-state index >= 15 is 0 Å². The number of thioether (sulfide) groups is 1. The number of fused-ring (bicyclic) bond motifs is 2. The molecule has 4 rings (SSSR count). The summed E-state index contributed by atoms with van der Waals surface area (Å²) in [6, 6.07) is 24.9. The largest absolute Gasteiger partial charge is 0.395 e. The van der Waals surface area contributed by atoms with Crippen LogP contribution in [0.15, 0.2) is 72.8 Å². The standard InChI is InChI=1S/C25H27N3OS/c1-30-15-14-23(18-29)28(16-21-12-10-19-6-2-4-8-24(19)26-21)17-22-13-11-20-7-3-5-9-25(20)27-22/h2-13,23,29H,14-18H2,1H3. The number of aliphatic hydroxyl groups excluding tert-OH is 1. The molecule has 0 saturated carbocycles. The zero-order valence-corrected chi connectivity index (χ0v) is 18.1. The number of rotatable bonds is 9. The monoisotopic (exact) mass is 417 g/mol. The molecule has 0 aliphatic rings. The van der Waals surface area contributed by atoms with Gasteiger partial charge in [0.25, 0.3) is 0 Å². The van der Waals surface area contributed by atoms with Crippen molar-refractivity contribution in [3.63, 3.8) is 0 Å². The Hall–Kier alpha value is -2.47. The van der Waals surface area contributed by atoms with Gasteiger partial charge in [0.05, 0.1) is 29.0 Å². The lowest BCUT2D eigenvalue weighted by atomic mass is 10.1. The number of para-hydroxylation sites is 2. The minimum Gasteiger partial charge on any atom is -0.395 e. The quantitative estimate of drug-likeness (QED) is 0.420. The van der Waals surface area contributed by atoms with E-state index in [4.69, 9.17) is 9.97 Å². The van der Waals surface area contributed by atoms with E-state index in [1.807, 2.05) is 48.2 Å². The molecule has 0 fully saturated rings. The average molecular weight is 418 g/mol. The molecule has 4 aromatic rings. The minimum absolute atomic E-state index is 0.0685. The van der Waals surface area contributed by atoms with Gasteiger partial charge in [0.2, 0.25) is 0 Å². The first-order valence-corrected chi connectivity index (χ1v) is 11.7. The van der Waals surface area contributed by atoms with Crippen LogP contribution < -0.4 is 0 Å². The number of nitrogens with zero attached hydrogens (tertiary/aromatic N) is 3. The van der Waals surface area contributed by atoms with Crippen LogP contribution in [0.4, 0.5) is 0 Å². The minimum atomic E-state index is 0.0685. The van der Waals surface area contributed by atoms with Crippen molar-refractivity contribution in [1.29, 1.82) is 0 Å². The smallest absolute Gasteiger partial charge is 0.0705 e. The molecular formula is C25H27N3OS. The summed E-state index contributed by atoms with van der Waals surface area (Å²) in [6.45, 7) is 1.49. The molecule has 0 amide bonds. The van der Waals surface area contributed by atoms with Gasteiger partial charge in [0.15, 0.2) is 0 Å². The summed E-state index contributed by atoms with van der Waals surface area (Å²) in [5, 5.41) is 12.4. The second kappa shape index (κ2) is 10.0. The van der Waals surface area contributed by atoms with Crippen LogP contribution >= 0.6 is 11.8 Å². The van der Waals surface area contributed by atoms with Crippen molar-refractivity contribution in [3.8, 4) is 0 Å². The van der Waals surface area contributed by atoms with Gasteiger partial charge in [-0.25, -0.2) is 0 Å². The maximum Gasteiger partial charge on any atom is 0.0705 e. The van der Waals surface area contributed by atoms with Crippen LogP contribution in [0, 0.1) is 0 Å². The van der Waals surface area contributed by atoms with Crippen molar-refractivity contribution in [3.05, 3.63) is 84.2 Å². The Balaban J connectivity index is 1.61. The lowest BCUT2D eigenvalue weighted by Gasteiger charge is -2.30. The average Bonchev–Trinajstić information content (AvgIpc) is 2.79. The molecule has 2 aromatic carbocycles. The van der Waals surface area contributed by atoms with Gasteiger partial charge in [-0.1, -0.05) is 48.5 Å². The fourth-order valence-corrected chi connectivity index (χ4v) is 4.27. The third-order valence-electron chi connectivity index (χ3n) is 5.42. The number of hydrogen-bond acceptors (Lipinski definition) is 5. The topological polar surface area (TPSA) is 49.2 Å². The van der Waals surface area contributed by atoms with Gasteiger partial charge < -0.3 is 5.11 Å². The zero-order valence-electron chi connectivity index (χ0n) is 17.2. The molecule has 0 spiro atoms. The summed E-state index contributed by atoms with van der Waals surface area (Å²) in [4.78, 5) is 12.0. The van der Waals surface area contributed by atoms with Crippen LogP contribution in [0.25, 0.3) is 21.8 Å². The lowest BCUT2D eigenvalue weighted by Crippen LogP contribution is -2.38. The van der Waals surface area contributed by atoms with Gasteiger partial charge in [-0.15, -0.1) is 0 Å². The van der Waals surface area contributed by atoms with Gasteiger partial charge in [-0.2, -0.15) is 11.8 Å². The van der Waals surface area contributed by atoms with Gasteiger partial charge in [-0.3, -0.25) is 14.9 Å². The predicted molar refractivity (Wildman–Crippen MR) is 127 cm³/mol. The number of benzene rings is 2. The zero-order chi connectivity index (χ0) is 20.8. The van der Waals surface area contributed by atoms with Crippen molar-refractivity contribution >= 4 is 33.6 Å². The number of pyridine rings is 2. The molecule has 154 valence electrons. The molecular weight excluding hydrogens is 390 g/mol. The Labute approximate surface area is 182 Å². The second-order valence-electron chi connectivity index (χ2n) is 7.51. The lowest BCUT2D eigenvalue weighted by molar-refractivity contribution is 0.105. The first-order chi connectivity index (χ1) is 14.8. The highest BCUT2D eigenvalue weighted by atomic mass is 32.2. The number of aliphatic hydroxyl groups is 1. The van der Waals surface area contributed by atoms with Crippen molar-refractivity contribution in [2.45, 2.75) is 25.6 Å². The van der Waals surface area contributed by atoms with Gasteiger partial charge in [-0.05, 0) is 42.7 Å². The Morgan fingerprint density at radius 3 is 1.83 bits per heavy atom. The van der Waals surface area contributed by atoms with E-state index < -0.39 is 0 Å². The Morgan fingerprint density at radius 1 is 0.800 bits per heavy atom. The Kier molecular flexibility index (Phi) is 6.95. The fraction of sp³-hybridized carbons (Fsp3) is 0.280. The molecule has 0 aliphatic heterocycles. The van der Waals surface area contributed by atoms with Gasteiger partial charge >= 0.3 is 0 Å². The van der Waals surface area contributed by atoms with Crippen LogP contribution in [-0.2, 0) is 13.1 Å². The van der Waals surface area contributed by atoms with E-state index in [1.54, 1.807) is 0 Å². The highest BCUT2D eigenvalue weighted by Gasteiger charge is 2.20. The molecule has 0 saturated heterocycles. The Bertz CT molecular complexity index is 1040. The maximum absolute atomic E-state index is 10.1. The van der Waals surface area contributed by atoms with Gasteiger partial charge in [0.1, 0.15) is 0 Å². The number of aromatic nitrogens is 2. The van der Waals surface area contributed by atoms with Gasteiger partial charge in [0, 0.05) is 29.9 Å². The molecule has 2 heterocycles. The summed E-state index contributed by atoms with van der Waals surface area (Å²) >= 11 is 1.81. The van der Waals surface area contributed by atoms with E-state index in [0.717, 1.165) is 45.4 Å². The fourth-order valence-electron chi connectivity index (χ4n) is 3.77. The predicted octanol–water partition coefficient (Wildman–Crippen LogP) is 4.90. The molecule has 1 unspecified atom stereocenters. The van der Waals surface area contributed by atoms with E-state index in [0.29, 0.717) is 13.1 Å². The summed E-state index contributed by atoms with van der Waals surface area (Å²) in [5.74, 6) is 1.01. The van der Waals surface area contributed by atoms with E-state index in [-0.39, 0.29) is 12.6 Å². The van der Waals surface area contributed by atoms with Crippen LogP contribution in [0.5, 0.6) is 0 Å². The first-order valence-electron chi connectivity index (χ1n) is 10.3. The Morgan fingerprint density at radius 2 is 1.33 bits per heavy atom. The highest BCUT2D eigenvalue weighted by Crippen LogP contribution is 2.19. The summed E-state index contributed by atoms with van der Waals surface area (Å²) in [5.41, 5.74) is 4.03. The molecule has 2 aromatic heterocycles. The normalized spacial score (nSPS) is 12.6. The van der Waals surface area contributed by atoms with E-state index in [9.17, 15) is 5.11 Å². The van der Waals surface area contributed by atoms with Crippen LogP contribution in [0.1, 0.15) is 17.8 Å². The molecule has 1 atom stereocenters. The summed E-state index contributed by atoms with van der Waals surface area (Å²) in [6.07, 6.45) is 3.04. The van der Waals surface area contributed by atoms with E-state index in [1.165, 1.54) is 0 Å². The maximum atomic E-state index is 10.1. The van der Waals surface area contributed by atoms with Crippen molar-refractivity contribution in [2.75, 3.05) is 18.6 Å². The van der Waals surface area contributed by atoms with Crippen LogP contribution in [0.3, 0.4) is 0 Å². The summed E-state index contributed by atoms with van der Waals surface area (Å²) < 4.78 is 0. The second-order valence-corrected chi connectivity index (χ2v) is 8.50. The first kappa shape index (κ1) is 20.8. The molecule has 1 N–H and O–H groups in total. The van der Waals surface area contributed by atoms with E-state index in [2.05, 4.69) is 47.6 Å². The summed E-state index contributed by atoms with van der Waals surface area (Å²) in [7, 11) is 0. The molecule has 30 heavy (non-hydrogen) atoms. The molecule has 0 radical (unpaired) electrons. The molecule has 4 nitrogen and oxygen atoms in total. The van der Waals surface area contributed by atoms with Crippen LogP contribution in [-0.4, -0.2) is 44.6 Å². The highest BCUT2D eigenvalue weighted by molar-refractivity contribution is 7.98. The molecule has 5 heteroatoms. The van der Waals surface area contributed by atoms with Crippen LogP contribution in [0.2, 0.25) is 0 Å².